The molecule has 0 saturated heterocycles. The van der Waals surface area contributed by atoms with Crippen LogP contribution >= 0.6 is 0 Å². The third-order valence-electron chi connectivity index (χ3n) is 3.19. The van der Waals surface area contributed by atoms with Gasteiger partial charge in [0, 0.05) is 0 Å². The van der Waals surface area contributed by atoms with Crippen LogP contribution in [0.5, 0.6) is 11.5 Å². The molecule has 2 N–H and O–H groups in total. The van der Waals surface area contributed by atoms with Crippen LogP contribution in [-0.2, 0) is 4.79 Å². The van der Waals surface area contributed by atoms with Gasteiger partial charge in [-0.2, -0.15) is 0 Å². The molecule has 0 unspecified atom stereocenters. The molecule has 2 rings (SSSR count). The van der Waals surface area contributed by atoms with Crippen LogP contribution in [0.4, 0.5) is 0 Å². The molecule has 6 nitrogen and oxygen atoms in total. The van der Waals surface area contributed by atoms with Crippen LogP contribution in [0.3, 0.4) is 0 Å². The number of carbonyl (C=O) groups excluding carboxylic acids is 2. The van der Waals surface area contributed by atoms with Gasteiger partial charge in [0.1, 0.15) is 18.1 Å². The molecule has 0 aliphatic carbocycles. The molecule has 6 heteroatoms. The molecule has 2 aromatic rings. The Morgan fingerprint density at radius 1 is 1.04 bits per heavy atom. The van der Waals surface area contributed by atoms with E-state index in [1.165, 1.54) is 0 Å². The summed E-state index contributed by atoms with van der Waals surface area (Å²) in [6.07, 6.45) is 1.58. The summed E-state index contributed by atoms with van der Waals surface area (Å²) in [6.45, 7) is 5.59. The summed E-state index contributed by atoms with van der Waals surface area (Å²) < 4.78 is 10.8. The Kier molecular flexibility index (Phi) is 6.59. The maximum absolute atomic E-state index is 12.2. The molecule has 0 fully saturated rings. The molecule has 0 heterocycles. The number of para-hydroxylation sites is 1. The van der Waals surface area contributed by atoms with Gasteiger partial charge in [-0.1, -0.05) is 42.5 Å². The SMILES string of the molecule is C=CCOc1ccccc1C(=O)NNC(=O)COc1ccc(C)cc1. The summed E-state index contributed by atoms with van der Waals surface area (Å²) in [7, 11) is 0. The largest absolute Gasteiger partial charge is 0.489 e. The Morgan fingerprint density at radius 2 is 1.76 bits per heavy atom. The summed E-state index contributed by atoms with van der Waals surface area (Å²) in [6, 6.07) is 14.0. The lowest BCUT2D eigenvalue weighted by Gasteiger charge is -2.11. The lowest BCUT2D eigenvalue weighted by Crippen LogP contribution is -2.43. The first-order chi connectivity index (χ1) is 12.1. The zero-order chi connectivity index (χ0) is 18.1. The lowest BCUT2D eigenvalue weighted by atomic mass is 10.2. The third kappa shape index (κ3) is 5.69. The summed E-state index contributed by atoms with van der Waals surface area (Å²) in [5, 5.41) is 0. The first-order valence-corrected chi connectivity index (χ1v) is 7.71. The summed E-state index contributed by atoms with van der Waals surface area (Å²) >= 11 is 0. The Labute approximate surface area is 146 Å². The van der Waals surface area contributed by atoms with Crippen molar-refractivity contribution in [1.29, 1.82) is 0 Å². The topological polar surface area (TPSA) is 76.7 Å². The molecule has 0 spiro atoms. The van der Waals surface area contributed by atoms with Crippen LogP contribution in [-0.4, -0.2) is 25.0 Å². The van der Waals surface area contributed by atoms with E-state index in [1.54, 1.807) is 42.5 Å². The van der Waals surface area contributed by atoms with E-state index in [9.17, 15) is 9.59 Å². The highest BCUT2D eigenvalue weighted by Crippen LogP contribution is 2.17. The van der Waals surface area contributed by atoms with Gasteiger partial charge in [0.25, 0.3) is 11.8 Å². The number of nitrogens with one attached hydrogen (secondary N) is 2. The standard InChI is InChI=1S/C19H20N2O4/c1-3-12-24-17-7-5-4-6-16(17)19(23)21-20-18(22)13-25-15-10-8-14(2)9-11-15/h3-11H,1,12-13H2,2H3,(H,20,22)(H,21,23). The van der Waals surface area contributed by atoms with Crippen molar-refractivity contribution in [3.63, 3.8) is 0 Å². The van der Waals surface area contributed by atoms with E-state index in [0.29, 0.717) is 17.1 Å². The van der Waals surface area contributed by atoms with E-state index in [1.807, 2.05) is 19.1 Å². The van der Waals surface area contributed by atoms with Crippen molar-refractivity contribution >= 4 is 11.8 Å². The van der Waals surface area contributed by atoms with Gasteiger partial charge in [-0.05, 0) is 31.2 Å². The van der Waals surface area contributed by atoms with Gasteiger partial charge in [0.05, 0.1) is 5.56 Å². The second-order valence-corrected chi connectivity index (χ2v) is 5.20. The Morgan fingerprint density at radius 3 is 2.48 bits per heavy atom. The molecular weight excluding hydrogens is 320 g/mol. The highest BCUT2D eigenvalue weighted by atomic mass is 16.5. The second kappa shape index (κ2) is 9.12. The maximum Gasteiger partial charge on any atom is 0.276 e. The molecule has 2 amide bonds. The van der Waals surface area contributed by atoms with Crippen molar-refractivity contribution in [1.82, 2.24) is 10.9 Å². The van der Waals surface area contributed by atoms with Gasteiger partial charge in [-0.25, -0.2) is 0 Å². The molecule has 25 heavy (non-hydrogen) atoms. The minimum atomic E-state index is -0.483. The van der Waals surface area contributed by atoms with E-state index in [-0.39, 0.29) is 13.2 Å². The monoisotopic (exact) mass is 340 g/mol. The van der Waals surface area contributed by atoms with E-state index < -0.39 is 11.8 Å². The van der Waals surface area contributed by atoms with E-state index in [0.717, 1.165) is 5.56 Å². The molecule has 0 radical (unpaired) electrons. The highest BCUT2D eigenvalue weighted by Gasteiger charge is 2.13. The maximum atomic E-state index is 12.2. The van der Waals surface area contributed by atoms with Crippen molar-refractivity contribution in [2.45, 2.75) is 6.92 Å². The fourth-order valence-corrected chi connectivity index (χ4v) is 1.94. The number of carbonyl (C=O) groups is 2. The normalized spacial score (nSPS) is 9.80. The van der Waals surface area contributed by atoms with E-state index in [4.69, 9.17) is 9.47 Å². The number of ether oxygens (including phenoxy) is 2. The van der Waals surface area contributed by atoms with Gasteiger partial charge in [-0.3, -0.25) is 20.4 Å². The van der Waals surface area contributed by atoms with Crippen molar-refractivity contribution in [2.75, 3.05) is 13.2 Å². The molecular formula is C19H20N2O4. The second-order valence-electron chi connectivity index (χ2n) is 5.20. The van der Waals surface area contributed by atoms with Crippen molar-refractivity contribution in [3.05, 3.63) is 72.3 Å². The minimum Gasteiger partial charge on any atom is -0.489 e. The number of benzene rings is 2. The molecule has 0 bridgehead atoms. The molecule has 0 aliphatic heterocycles. The predicted molar refractivity (Wildman–Crippen MR) is 94.4 cm³/mol. The van der Waals surface area contributed by atoms with Crippen LogP contribution in [0.15, 0.2) is 61.2 Å². The molecule has 0 aliphatic rings. The van der Waals surface area contributed by atoms with Gasteiger partial charge < -0.3 is 9.47 Å². The summed E-state index contributed by atoms with van der Waals surface area (Å²) in [5.74, 6) is 0.0297. The van der Waals surface area contributed by atoms with Gasteiger partial charge in [0.2, 0.25) is 0 Å². The molecule has 0 saturated carbocycles. The first kappa shape index (κ1) is 18.1. The van der Waals surface area contributed by atoms with Crippen LogP contribution in [0.25, 0.3) is 0 Å². The summed E-state index contributed by atoms with van der Waals surface area (Å²) in [4.78, 5) is 24.0. The fraction of sp³-hybridized carbons (Fsp3) is 0.158. The van der Waals surface area contributed by atoms with Gasteiger partial charge in [0.15, 0.2) is 6.61 Å². The van der Waals surface area contributed by atoms with Crippen LogP contribution in [0.2, 0.25) is 0 Å². The Hall–Kier alpha value is -3.28. The summed E-state index contributed by atoms with van der Waals surface area (Å²) in [5.41, 5.74) is 6.05. The quantitative estimate of drug-likeness (QED) is 0.599. The number of hydrogen-bond acceptors (Lipinski definition) is 4. The lowest BCUT2D eigenvalue weighted by molar-refractivity contribution is -0.123. The number of hydrazine groups is 1. The smallest absolute Gasteiger partial charge is 0.276 e. The van der Waals surface area contributed by atoms with Crippen LogP contribution in [0, 0.1) is 6.92 Å². The third-order valence-corrected chi connectivity index (χ3v) is 3.19. The predicted octanol–water partition coefficient (Wildman–Crippen LogP) is 2.40. The van der Waals surface area contributed by atoms with E-state index >= 15 is 0 Å². The van der Waals surface area contributed by atoms with Gasteiger partial charge in [-0.15, -0.1) is 0 Å². The van der Waals surface area contributed by atoms with Crippen molar-refractivity contribution < 1.29 is 19.1 Å². The zero-order valence-corrected chi connectivity index (χ0v) is 14.0. The molecule has 130 valence electrons. The molecule has 0 atom stereocenters. The minimum absolute atomic E-state index is 0.210. The molecule has 0 aromatic heterocycles. The highest BCUT2D eigenvalue weighted by molar-refractivity contribution is 5.97. The van der Waals surface area contributed by atoms with E-state index in [2.05, 4.69) is 17.4 Å². The number of aryl methyl sites for hydroxylation is 1. The zero-order valence-electron chi connectivity index (χ0n) is 14.0. The number of rotatable bonds is 7. The van der Waals surface area contributed by atoms with Crippen molar-refractivity contribution in [2.24, 2.45) is 0 Å². The van der Waals surface area contributed by atoms with Gasteiger partial charge >= 0.3 is 0 Å². The van der Waals surface area contributed by atoms with Crippen molar-refractivity contribution in [3.8, 4) is 11.5 Å². The Balaban J connectivity index is 1.84. The Bertz CT molecular complexity index is 741. The van der Waals surface area contributed by atoms with Crippen LogP contribution < -0.4 is 20.3 Å². The number of hydrogen-bond donors (Lipinski definition) is 2. The fourth-order valence-electron chi connectivity index (χ4n) is 1.94. The van der Waals surface area contributed by atoms with Crippen LogP contribution in [0.1, 0.15) is 15.9 Å². The average Bonchev–Trinajstić information content (AvgIpc) is 2.64. The molecule has 2 aromatic carbocycles. The average molecular weight is 340 g/mol. The number of amides is 2. The first-order valence-electron chi connectivity index (χ1n) is 7.71.